The first-order valence-corrected chi connectivity index (χ1v) is 16.7. The van der Waals surface area contributed by atoms with Crippen LogP contribution in [0.4, 0.5) is 43.7 Å². The van der Waals surface area contributed by atoms with Crippen LogP contribution in [-0.2, 0) is 27.0 Å². The molecule has 4 N–H and O–H groups in total. The van der Waals surface area contributed by atoms with Crippen molar-refractivity contribution in [2.75, 3.05) is 43.4 Å². The summed E-state index contributed by atoms with van der Waals surface area (Å²) < 4.78 is 82.6. The molecule has 1 aromatic heterocycles. The van der Waals surface area contributed by atoms with Gasteiger partial charge >= 0.3 is 18.3 Å². The molecule has 4 aromatic rings. The molecule has 3 heterocycles. The van der Waals surface area contributed by atoms with E-state index in [2.05, 4.69) is 43.0 Å². The van der Waals surface area contributed by atoms with Crippen LogP contribution in [0.15, 0.2) is 84.7 Å². The molecule has 1 saturated heterocycles. The molecule has 0 radical (unpaired) electrons. The average Bonchev–Trinajstić information content (AvgIpc) is 3.36. The fourth-order valence-corrected chi connectivity index (χ4v) is 5.60. The second-order valence-electron chi connectivity index (χ2n) is 12.0. The fourth-order valence-electron chi connectivity index (χ4n) is 5.38. The van der Waals surface area contributed by atoms with Crippen molar-refractivity contribution in [1.82, 2.24) is 20.2 Å². The lowest BCUT2D eigenvalue weighted by atomic mass is 10.1. The van der Waals surface area contributed by atoms with Gasteiger partial charge < -0.3 is 30.5 Å². The Labute approximate surface area is 310 Å². The number of fused-ring (bicyclic) bond motifs is 1. The molecule has 2 aliphatic rings. The topological polar surface area (TPSA) is 138 Å². The molecule has 1 atom stereocenters. The lowest BCUT2D eigenvalue weighted by Gasteiger charge is -2.33. The number of rotatable bonds is 9. The summed E-state index contributed by atoms with van der Waals surface area (Å²) in [6.45, 7) is 3.86. The van der Waals surface area contributed by atoms with Crippen LogP contribution >= 0.6 is 11.6 Å². The molecule has 6 rings (SSSR count). The third-order valence-electron chi connectivity index (χ3n) is 7.97. The molecular formula is C36H33ClF6N6O5. The fraction of sp³-hybridized carbons (Fsp3) is 0.278. The third kappa shape index (κ3) is 11.3. The Morgan fingerprint density at radius 1 is 1.02 bits per heavy atom. The van der Waals surface area contributed by atoms with Crippen LogP contribution in [0.5, 0.6) is 11.5 Å². The molecule has 286 valence electrons. The Bertz CT molecular complexity index is 1960. The number of benzene rings is 3. The standard InChI is InChI=1S/C34H32ClF3N6O3.C2HF3O2/c35-29-17-25(9-10-30(29)47-26-8-4-7-24(16-26)34(36,37)38)43-32-28-15-23(11-12-39-31(28)41-21-42-32)33(45)40-18-27-20-44(13-14-46-27)19-22-5-2-1-3-6-22;3-2(4,5)1(6)7/h1-10,15-17,21,27H,11-14,18-20H2,(H,40,45)(H2,39,41,42,43);(H,6,7). The number of hydrogen-bond donors (Lipinski definition) is 4. The number of aliphatic carboxylic acids is 1. The van der Waals surface area contributed by atoms with E-state index < -0.39 is 23.9 Å². The number of aromatic nitrogens is 2. The molecule has 1 fully saturated rings. The summed E-state index contributed by atoms with van der Waals surface area (Å²) in [6.07, 6.45) is -6.06. The minimum Gasteiger partial charge on any atom is -0.475 e. The van der Waals surface area contributed by atoms with Crippen molar-refractivity contribution >= 4 is 46.9 Å². The number of amides is 1. The summed E-state index contributed by atoms with van der Waals surface area (Å²) in [4.78, 5) is 33.3. The van der Waals surface area contributed by atoms with E-state index in [4.69, 9.17) is 31.0 Å². The normalized spacial score (nSPS) is 16.0. The van der Waals surface area contributed by atoms with Gasteiger partial charge in [-0.15, -0.1) is 0 Å². The number of morpholine rings is 1. The van der Waals surface area contributed by atoms with Crippen molar-refractivity contribution in [2.24, 2.45) is 0 Å². The number of carboxylic acid groups (broad SMARTS) is 1. The monoisotopic (exact) mass is 778 g/mol. The average molecular weight is 779 g/mol. The molecule has 1 amide bonds. The van der Waals surface area contributed by atoms with Gasteiger partial charge in [0.15, 0.2) is 0 Å². The quantitative estimate of drug-likeness (QED) is 0.126. The van der Waals surface area contributed by atoms with Gasteiger partial charge in [0.25, 0.3) is 0 Å². The number of hydrogen-bond acceptors (Lipinski definition) is 9. The number of nitrogens with zero attached hydrogens (tertiary/aromatic N) is 3. The second-order valence-corrected chi connectivity index (χ2v) is 12.4. The first-order valence-electron chi connectivity index (χ1n) is 16.3. The molecule has 18 heteroatoms. The summed E-state index contributed by atoms with van der Waals surface area (Å²) >= 11 is 6.45. The number of alkyl halides is 6. The van der Waals surface area contributed by atoms with Crippen molar-refractivity contribution in [3.63, 3.8) is 0 Å². The maximum absolute atomic E-state index is 13.3. The Kier molecular flexibility index (Phi) is 13.0. The molecule has 0 bridgehead atoms. The zero-order chi connectivity index (χ0) is 38.9. The lowest BCUT2D eigenvalue weighted by molar-refractivity contribution is -0.192. The van der Waals surface area contributed by atoms with Crippen LogP contribution in [-0.4, -0.2) is 76.9 Å². The van der Waals surface area contributed by atoms with Crippen LogP contribution in [0.3, 0.4) is 0 Å². The van der Waals surface area contributed by atoms with Gasteiger partial charge in [-0.3, -0.25) is 9.69 Å². The van der Waals surface area contributed by atoms with E-state index in [1.807, 2.05) is 18.2 Å². The Hall–Kier alpha value is -5.39. The van der Waals surface area contributed by atoms with E-state index in [-0.39, 0.29) is 28.5 Å². The molecule has 0 spiro atoms. The molecule has 0 aliphatic carbocycles. The Morgan fingerprint density at radius 3 is 2.48 bits per heavy atom. The SMILES string of the molecule is O=C(NCC1CN(Cc2ccccc2)CCO1)C1=Cc2c(ncnc2Nc2ccc(Oc3cccc(C(F)(F)F)c3)c(Cl)c2)NCC1.O=C(O)C(F)(F)F. The molecule has 0 saturated carbocycles. The van der Waals surface area contributed by atoms with Gasteiger partial charge in [0.05, 0.1) is 28.9 Å². The van der Waals surface area contributed by atoms with Gasteiger partial charge in [-0.2, -0.15) is 26.3 Å². The van der Waals surface area contributed by atoms with E-state index >= 15 is 0 Å². The molecule has 1 unspecified atom stereocenters. The predicted octanol–water partition coefficient (Wildman–Crippen LogP) is 7.53. The van der Waals surface area contributed by atoms with Gasteiger partial charge in [0, 0.05) is 44.0 Å². The van der Waals surface area contributed by atoms with Gasteiger partial charge in [-0.05, 0) is 54.5 Å². The van der Waals surface area contributed by atoms with Crippen LogP contribution in [0.2, 0.25) is 5.02 Å². The van der Waals surface area contributed by atoms with Gasteiger partial charge in [-0.25, -0.2) is 14.8 Å². The van der Waals surface area contributed by atoms with E-state index in [0.717, 1.165) is 25.2 Å². The van der Waals surface area contributed by atoms with Gasteiger partial charge in [-0.1, -0.05) is 48.0 Å². The van der Waals surface area contributed by atoms with Crippen LogP contribution in [0.25, 0.3) is 6.08 Å². The molecule has 54 heavy (non-hydrogen) atoms. The number of anilines is 3. The summed E-state index contributed by atoms with van der Waals surface area (Å²) in [5.41, 5.74) is 2.12. The maximum atomic E-state index is 13.3. The smallest absolute Gasteiger partial charge is 0.475 e. The zero-order valence-electron chi connectivity index (χ0n) is 28.2. The van der Waals surface area contributed by atoms with Crippen LogP contribution in [0, 0.1) is 0 Å². The number of ether oxygens (including phenoxy) is 2. The van der Waals surface area contributed by atoms with Gasteiger partial charge in [0.1, 0.15) is 29.5 Å². The lowest BCUT2D eigenvalue weighted by Crippen LogP contribution is -2.47. The van der Waals surface area contributed by atoms with E-state index in [9.17, 15) is 31.1 Å². The van der Waals surface area contributed by atoms with Crippen LogP contribution < -0.4 is 20.7 Å². The molecule has 11 nitrogen and oxygen atoms in total. The number of nitrogens with one attached hydrogen (secondary N) is 3. The molecule has 2 aliphatic heterocycles. The van der Waals surface area contributed by atoms with Crippen molar-refractivity contribution < 1.29 is 50.5 Å². The van der Waals surface area contributed by atoms with Crippen LogP contribution in [0.1, 0.15) is 23.1 Å². The Balaban J connectivity index is 0.000000730. The second kappa shape index (κ2) is 17.6. The summed E-state index contributed by atoms with van der Waals surface area (Å²) in [5.74, 6) is -1.77. The van der Waals surface area contributed by atoms with E-state index in [1.54, 1.807) is 24.3 Å². The van der Waals surface area contributed by atoms with E-state index in [1.165, 1.54) is 24.0 Å². The van der Waals surface area contributed by atoms with Crippen molar-refractivity contribution in [3.8, 4) is 11.5 Å². The van der Waals surface area contributed by atoms with Crippen molar-refractivity contribution in [3.05, 3.63) is 106 Å². The van der Waals surface area contributed by atoms with Gasteiger partial charge in [0.2, 0.25) is 5.91 Å². The summed E-state index contributed by atoms with van der Waals surface area (Å²) in [6, 6.07) is 19.6. The predicted molar refractivity (Wildman–Crippen MR) is 188 cm³/mol. The number of carbonyl (C=O) groups is 2. The highest BCUT2D eigenvalue weighted by Crippen LogP contribution is 2.37. The first-order chi connectivity index (χ1) is 25.7. The third-order valence-corrected chi connectivity index (χ3v) is 8.26. The number of carboxylic acids is 1. The number of carbonyl (C=O) groups excluding carboxylic acids is 1. The molecule has 3 aromatic carbocycles. The highest BCUT2D eigenvalue weighted by molar-refractivity contribution is 6.32. The highest BCUT2D eigenvalue weighted by atomic mass is 35.5. The summed E-state index contributed by atoms with van der Waals surface area (Å²) in [7, 11) is 0. The first kappa shape index (κ1) is 39.8. The minimum atomic E-state index is -5.08. The number of halogens is 7. The zero-order valence-corrected chi connectivity index (χ0v) is 28.9. The minimum absolute atomic E-state index is 0.00475. The van der Waals surface area contributed by atoms with E-state index in [0.29, 0.717) is 61.1 Å². The largest absolute Gasteiger partial charge is 0.490 e. The molecular weight excluding hydrogens is 746 g/mol. The highest BCUT2D eigenvalue weighted by Gasteiger charge is 2.38. The van der Waals surface area contributed by atoms with Crippen molar-refractivity contribution in [2.45, 2.75) is 31.4 Å². The summed E-state index contributed by atoms with van der Waals surface area (Å²) in [5, 5.41) is 16.8. The maximum Gasteiger partial charge on any atom is 0.490 e. The van der Waals surface area contributed by atoms with Crippen molar-refractivity contribution in [1.29, 1.82) is 0 Å². The Morgan fingerprint density at radius 2 is 1.78 bits per heavy atom.